The summed E-state index contributed by atoms with van der Waals surface area (Å²) in [4.78, 5) is 36.7. The lowest BCUT2D eigenvalue weighted by Crippen LogP contribution is -2.35. The molecule has 0 saturated carbocycles. The summed E-state index contributed by atoms with van der Waals surface area (Å²) in [6.07, 6.45) is 5.52. The summed E-state index contributed by atoms with van der Waals surface area (Å²) >= 11 is 6.02. The third-order valence-corrected chi connectivity index (χ3v) is 5.75. The number of imidazole rings is 1. The highest BCUT2D eigenvalue weighted by Crippen LogP contribution is 2.22. The van der Waals surface area contributed by atoms with Gasteiger partial charge in [-0.1, -0.05) is 17.7 Å². The van der Waals surface area contributed by atoms with Crippen molar-refractivity contribution < 1.29 is 14.3 Å². The van der Waals surface area contributed by atoms with Crippen molar-refractivity contribution in [3.05, 3.63) is 52.7 Å². The molecular weight excluding hydrogens is 430 g/mol. The van der Waals surface area contributed by atoms with Gasteiger partial charge in [0.15, 0.2) is 5.65 Å². The molecule has 0 aliphatic carbocycles. The van der Waals surface area contributed by atoms with Crippen LogP contribution in [0.4, 0.5) is 5.95 Å². The fraction of sp³-hybridized carbons (Fsp3) is 0.391. The summed E-state index contributed by atoms with van der Waals surface area (Å²) in [5.74, 6) is 0.0223. The van der Waals surface area contributed by atoms with Crippen molar-refractivity contribution in [2.45, 2.75) is 32.2 Å². The number of piperidine rings is 1. The third-order valence-electron chi connectivity index (χ3n) is 5.52. The van der Waals surface area contributed by atoms with Crippen LogP contribution in [0.25, 0.3) is 11.2 Å². The zero-order valence-electron chi connectivity index (χ0n) is 18.0. The van der Waals surface area contributed by atoms with Gasteiger partial charge < -0.3 is 9.64 Å². The molecule has 1 fully saturated rings. The molecule has 2 aromatic heterocycles. The van der Waals surface area contributed by atoms with Gasteiger partial charge in [-0.2, -0.15) is 0 Å². The van der Waals surface area contributed by atoms with E-state index in [0.717, 1.165) is 38.8 Å². The number of halogens is 1. The first-order valence-electron chi connectivity index (χ1n) is 10.8. The molecule has 1 saturated heterocycles. The molecule has 1 N–H and O–H groups in total. The number of anilines is 1. The van der Waals surface area contributed by atoms with Gasteiger partial charge >= 0.3 is 0 Å². The zero-order valence-corrected chi connectivity index (χ0v) is 18.8. The highest BCUT2D eigenvalue weighted by molar-refractivity contribution is 6.31. The van der Waals surface area contributed by atoms with Gasteiger partial charge in [0.2, 0.25) is 5.95 Å². The van der Waals surface area contributed by atoms with Gasteiger partial charge in [-0.05, 0) is 49.9 Å². The number of rotatable bonds is 7. The maximum absolute atomic E-state index is 12.9. The van der Waals surface area contributed by atoms with Crippen LogP contribution < -0.4 is 5.32 Å². The minimum atomic E-state index is -0.319. The molecule has 2 amide bonds. The topological polar surface area (TPSA) is 89.3 Å². The Hall–Kier alpha value is -2.97. The van der Waals surface area contributed by atoms with Crippen LogP contribution in [0.1, 0.15) is 46.4 Å². The highest BCUT2D eigenvalue weighted by Gasteiger charge is 2.21. The Morgan fingerprint density at radius 1 is 1.16 bits per heavy atom. The van der Waals surface area contributed by atoms with Crippen LogP contribution in [0.5, 0.6) is 0 Å². The molecule has 1 aliphatic heterocycles. The molecule has 0 atom stereocenters. The van der Waals surface area contributed by atoms with Crippen LogP contribution in [0.2, 0.25) is 5.02 Å². The molecule has 4 rings (SSSR count). The number of pyridine rings is 1. The van der Waals surface area contributed by atoms with Crippen molar-refractivity contribution in [1.29, 1.82) is 0 Å². The smallest absolute Gasteiger partial charge is 0.258 e. The van der Waals surface area contributed by atoms with Gasteiger partial charge in [-0.3, -0.25) is 19.5 Å². The SMILES string of the molecule is COCCCn1c(NC(=O)c2cccc(Cl)c2)nc2cc(C(=O)N3CCCCC3)cnc21. The van der Waals surface area contributed by atoms with E-state index >= 15 is 0 Å². The predicted octanol–water partition coefficient (Wildman–Crippen LogP) is 4.00. The second-order valence-corrected chi connectivity index (χ2v) is 8.25. The fourth-order valence-corrected chi connectivity index (χ4v) is 4.08. The lowest BCUT2D eigenvalue weighted by molar-refractivity contribution is 0.0724. The Balaban J connectivity index is 1.64. The Morgan fingerprint density at radius 2 is 1.97 bits per heavy atom. The molecule has 168 valence electrons. The van der Waals surface area contributed by atoms with E-state index in [-0.39, 0.29) is 11.8 Å². The number of carbonyl (C=O) groups is 2. The Kier molecular flexibility index (Phi) is 7.02. The summed E-state index contributed by atoms with van der Waals surface area (Å²) in [5.41, 5.74) is 2.11. The largest absolute Gasteiger partial charge is 0.385 e. The lowest BCUT2D eigenvalue weighted by Gasteiger charge is -2.26. The molecule has 0 bridgehead atoms. The monoisotopic (exact) mass is 455 g/mol. The summed E-state index contributed by atoms with van der Waals surface area (Å²) < 4.78 is 7.01. The molecule has 3 aromatic rings. The normalized spacial score (nSPS) is 14.0. The van der Waals surface area contributed by atoms with Gasteiger partial charge in [0.1, 0.15) is 5.52 Å². The minimum absolute atomic E-state index is 0.0301. The Morgan fingerprint density at radius 3 is 2.72 bits per heavy atom. The van der Waals surface area contributed by atoms with Crippen LogP contribution in [0, 0.1) is 0 Å². The van der Waals surface area contributed by atoms with E-state index in [0.29, 0.717) is 46.4 Å². The maximum Gasteiger partial charge on any atom is 0.258 e. The molecular formula is C23H26ClN5O3. The first-order valence-corrected chi connectivity index (χ1v) is 11.2. The van der Waals surface area contributed by atoms with Crippen molar-refractivity contribution in [3.8, 4) is 0 Å². The number of nitrogens with zero attached hydrogens (tertiary/aromatic N) is 4. The van der Waals surface area contributed by atoms with Crippen LogP contribution >= 0.6 is 11.6 Å². The number of nitrogens with one attached hydrogen (secondary N) is 1. The molecule has 0 spiro atoms. The van der Waals surface area contributed by atoms with Crippen LogP contribution in [-0.4, -0.2) is 58.1 Å². The van der Waals surface area contributed by atoms with E-state index in [1.807, 2.05) is 9.47 Å². The van der Waals surface area contributed by atoms with E-state index in [1.165, 1.54) is 0 Å². The van der Waals surface area contributed by atoms with E-state index in [4.69, 9.17) is 16.3 Å². The molecule has 3 heterocycles. The number of aryl methyl sites for hydroxylation is 1. The van der Waals surface area contributed by atoms with Crippen LogP contribution in [0.15, 0.2) is 36.5 Å². The number of carbonyl (C=O) groups excluding carboxylic acids is 2. The quantitative estimate of drug-likeness (QED) is 0.544. The summed E-state index contributed by atoms with van der Waals surface area (Å²) in [7, 11) is 1.64. The van der Waals surface area contributed by atoms with E-state index in [2.05, 4.69) is 15.3 Å². The lowest BCUT2D eigenvalue weighted by atomic mass is 10.1. The Bertz CT molecular complexity index is 1120. The standard InChI is InChI=1S/C23H26ClN5O3/c1-32-12-6-11-29-20-19(14-17(15-25-20)22(31)28-9-3-2-4-10-28)26-23(29)27-21(30)16-7-5-8-18(24)13-16/h5,7-8,13-15H,2-4,6,9-12H2,1H3,(H,26,27,30). The van der Waals surface area contributed by atoms with Gasteiger partial charge in [0.05, 0.1) is 5.56 Å². The number of methoxy groups -OCH3 is 1. The summed E-state index contributed by atoms with van der Waals surface area (Å²) in [6.45, 7) is 2.65. The van der Waals surface area contributed by atoms with Crippen LogP contribution in [-0.2, 0) is 11.3 Å². The van der Waals surface area contributed by atoms with E-state index < -0.39 is 0 Å². The van der Waals surface area contributed by atoms with Crippen molar-refractivity contribution in [1.82, 2.24) is 19.4 Å². The van der Waals surface area contributed by atoms with Gasteiger partial charge in [0.25, 0.3) is 11.8 Å². The number of benzene rings is 1. The average molecular weight is 456 g/mol. The number of likely N-dealkylation sites (tertiary alicyclic amines) is 1. The third kappa shape index (κ3) is 4.92. The van der Waals surface area contributed by atoms with Crippen molar-refractivity contribution in [2.24, 2.45) is 0 Å². The summed E-state index contributed by atoms with van der Waals surface area (Å²) in [6, 6.07) is 8.47. The average Bonchev–Trinajstić information content (AvgIpc) is 3.15. The first-order chi connectivity index (χ1) is 15.6. The number of hydrogen-bond acceptors (Lipinski definition) is 5. The first kappa shape index (κ1) is 22.2. The van der Waals surface area contributed by atoms with Crippen molar-refractivity contribution in [3.63, 3.8) is 0 Å². The molecule has 32 heavy (non-hydrogen) atoms. The number of hydrogen-bond donors (Lipinski definition) is 1. The molecule has 9 heteroatoms. The highest BCUT2D eigenvalue weighted by atomic mass is 35.5. The van der Waals surface area contributed by atoms with Gasteiger partial charge in [-0.15, -0.1) is 0 Å². The second-order valence-electron chi connectivity index (χ2n) is 7.82. The van der Waals surface area contributed by atoms with Crippen molar-refractivity contribution >= 4 is 40.5 Å². The maximum atomic E-state index is 12.9. The molecule has 0 unspecified atom stereocenters. The zero-order chi connectivity index (χ0) is 22.5. The van der Waals surface area contributed by atoms with E-state index in [9.17, 15) is 9.59 Å². The van der Waals surface area contributed by atoms with Crippen molar-refractivity contribution in [2.75, 3.05) is 32.1 Å². The number of ether oxygens (including phenoxy) is 1. The predicted molar refractivity (Wildman–Crippen MR) is 123 cm³/mol. The molecule has 1 aliphatic rings. The molecule has 8 nitrogen and oxygen atoms in total. The number of amides is 2. The molecule has 1 aromatic carbocycles. The number of fused-ring (bicyclic) bond motifs is 1. The van der Waals surface area contributed by atoms with Gasteiger partial charge in [-0.25, -0.2) is 9.97 Å². The second kappa shape index (κ2) is 10.1. The van der Waals surface area contributed by atoms with E-state index in [1.54, 1.807) is 43.6 Å². The minimum Gasteiger partial charge on any atom is -0.385 e. The van der Waals surface area contributed by atoms with Crippen LogP contribution in [0.3, 0.4) is 0 Å². The summed E-state index contributed by atoms with van der Waals surface area (Å²) in [5, 5.41) is 3.34. The number of aromatic nitrogens is 3. The fourth-order valence-electron chi connectivity index (χ4n) is 3.89. The molecule has 0 radical (unpaired) electrons. The Labute approximate surface area is 191 Å². The van der Waals surface area contributed by atoms with Gasteiger partial charge in [0, 0.05) is 50.1 Å².